The summed E-state index contributed by atoms with van der Waals surface area (Å²) < 4.78 is 5.19. The van der Waals surface area contributed by atoms with Gasteiger partial charge in [0.1, 0.15) is 5.75 Å². The van der Waals surface area contributed by atoms with Crippen LogP contribution in [0.15, 0.2) is 54.6 Å². The molecule has 0 heterocycles. The predicted octanol–water partition coefficient (Wildman–Crippen LogP) is 2.48. The van der Waals surface area contributed by atoms with E-state index < -0.39 is 6.10 Å². The topological polar surface area (TPSA) is 58.6 Å². The highest BCUT2D eigenvalue weighted by Crippen LogP contribution is 2.15. The molecule has 2 aromatic carbocycles. The van der Waals surface area contributed by atoms with Crippen molar-refractivity contribution in [2.75, 3.05) is 7.11 Å². The van der Waals surface area contributed by atoms with Gasteiger partial charge in [0.15, 0.2) is 6.10 Å². The SMILES string of the molecule is COc1cccc(C[C@H](C)NC(=O)[C@H](O)c2ccccc2)c1. The lowest BCUT2D eigenvalue weighted by molar-refractivity contribution is -0.130. The number of hydrogen-bond acceptors (Lipinski definition) is 3. The van der Waals surface area contributed by atoms with Gasteiger partial charge in [0.25, 0.3) is 5.91 Å². The monoisotopic (exact) mass is 299 g/mol. The Morgan fingerprint density at radius 3 is 2.59 bits per heavy atom. The number of ether oxygens (including phenoxy) is 1. The van der Waals surface area contributed by atoms with Gasteiger partial charge in [-0.25, -0.2) is 0 Å². The van der Waals surface area contributed by atoms with Crippen molar-refractivity contribution in [1.82, 2.24) is 5.32 Å². The van der Waals surface area contributed by atoms with Crippen LogP contribution < -0.4 is 10.1 Å². The van der Waals surface area contributed by atoms with Crippen molar-refractivity contribution in [2.24, 2.45) is 0 Å². The van der Waals surface area contributed by atoms with Crippen LogP contribution in [0.1, 0.15) is 24.2 Å². The van der Waals surface area contributed by atoms with Crippen molar-refractivity contribution in [2.45, 2.75) is 25.5 Å². The van der Waals surface area contributed by atoms with Gasteiger partial charge in [-0.2, -0.15) is 0 Å². The maximum Gasteiger partial charge on any atom is 0.253 e. The minimum Gasteiger partial charge on any atom is -0.497 e. The molecule has 2 N–H and O–H groups in total. The number of nitrogens with one attached hydrogen (secondary N) is 1. The number of amides is 1. The van der Waals surface area contributed by atoms with Gasteiger partial charge in [0.05, 0.1) is 7.11 Å². The van der Waals surface area contributed by atoms with Gasteiger partial charge in [0, 0.05) is 6.04 Å². The van der Waals surface area contributed by atoms with Crippen LogP contribution in [-0.2, 0) is 11.2 Å². The third-order valence-corrected chi connectivity index (χ3v) is 3.43. The quantitative estimate of drug-likeness (QED) is 0.861. The molecule has 0 aromatic heterocycles. The molecule has 4 heteroatoms. The Balaban J connectivity index is 1.93. The molecule has 0 unspecified atom stereocenters. The van der Waals surface area contributed by atoms with Crippen LogP contribution in [0.4, 0.5) is 0 Å². The molecule has 0 aliphatic carbocycles. The average molecular weight is 299 g/mol. The molecule has 2 rings (SSSR count). The van der Waals surface area contributed by atoms with E-state index in [9.17, 15) is 9.90 Å². The molecule has 0 bridgehead atoms. The molecule has 0 saturated heterocycles. The van der Waals surface area contributed by atoms with E-state index in [-0.39, 0.29) is 11.9 Å². The fourth-order valence-electron chi connectivity index (χ4n) is 2.31. The van der Waals surface area contributed by atoms with Crippen molar-refractivity contribution in [3.63, 3.8) is 0 Å². The van der Waals surface area contributed by atoms with E-state index in [1.165, 1.54) is 0 Å². The highest BCUT2D eigenvalue weighted by atomic mass is 16.5. The second-order valence-corrected chi connectivity index (χ2v) is 5.28. The minimum absolute atomic E-state index is 0.0852. The molecule has 0 aliphatic heterocycles. The fraction of sp³-hybridized carbons (Fsp3) is 0.278. The number of carbonyl (C=O) groups excluding carboxylic acids is 1. The van der Waals surface area contributed by atoms with Crippen LogP contribution in [0.25, 0.3) is 0 Å². The van der Waals surface area contributed by atoms with E-state index in [0.29, 0.717) is 12.0 Å². The molecule has 4 nitrogen and oxygen atoms in total. The van der Waals surface area contributed by atoms with Gasteiger partial charge >= 0.3 is 0 Å². The zero-order chi connectivity index (χ0) is 15.9. The van der Waals surface area contributed by atoms with Crippen molar-refractivity contribution in [3.8, 4) is 5.75 Å². The fourth-order valence-corrected chi connectivity index (χ4v) is 2.31. The van der Waals surface area contributed by atoms with Crippen molar-refractivity contribution in [1.29, 1.82) is 0 Å². The second kappa shape index (κ2) is 7.61. The molecule has 2 aromatic rings. The normalized spacial score (nSPS) is 13.2. The molecule has 0 saturated carbocycles. The van der Waals surface area contributed by atoms with Gasteiger partial charge in [-0.1, -0.05) is 42.5 Å². The number of rotatable bonds is 6. The first-order chi connectivity index (χ1) is 10.6. The first-order valence-electron chi connectivity index (χ1n) is 7.26. The molecule has 0 spiro atoms. The molecule has 2 atom stereocenters. The molecule has 116 valence electrons. The predicted molar refractivity (Wildman–Crippen MR) is 85.7 cm³/mol. The standard InChI is InChI=1S/C18H21NO3/c1-13(11-14-7-6-10-16(12-14)22-2)19-18(21)17(20)15-8-4-3-5-9-15/h3-10,12-13,17,20H,11H2,1-2H3,(H,19,21)/t13-,17+/m0/s1. The van der Waals surface area contributed by atoms with E-state index in [1.54, 1.807) is 31.4 Å². The van der Waals surface area contributed by atoms with E-state index in [2.05, 4.69) is 5.32 Å². The van der Waals surface area contributed by atoms with E-state index in [1.807, 2.05) is 37.3 Å². The van der Waals surface area contributed by atoms with Crippen LogP contribution in [0.5, 0.6) is 5.75 Å². The maximum absolute atomic E-state index is 12.1. The first kappa shape index (κ1) is 16.0. The van der Waals surface area contributed by atoms with Crippen LogP contribution in [0.2, 0.25) is 0 Å². The lowest BCUT2D eigenvalue weighted by Crippen LogP contribution is -2.37. The number of carbonyl (C=O) groups is 1. The summed E-state index contributed by atoms with van der Waals surface area (Å²) in [6.07, 6.45) is -0.473. The summed E-state index contributed by atoms with van der Waals surface area (Å²) >= 11 is 0. The molecule has 1 amide bonds. The minimum atomic E-state index is -1.14. The zero-order valence-electron chi connectivity index (χ0n) is 12.8. The Labute approximate surface area is 130 Å². The molecular weight excluding hydrogens is 278 g/mol. The van der Waals surface area contributed by atoms with E-state index >= 15 is 0 Å². The number of aliphatic hydroxyl groups is 1. The third-order valence-electron chi connectivity index (χ3n) is 3.43. The Kier molecular flexibility index (Phi) is 5.55. The van der Waals surface area contributed by atoms with Gasteiger partial charge in [-0.3, -0.25) is 4.79 Å². The number of benzene rings is 2. The summed E-state index contributed by atoms with van der Waals surface area (Å²) in [5.74, 6) is 0.405. The second-order valence-electron chi connectivity index (χ2n) is 5.28. The number of aliphatic hydroxyl groups excluding tert-OH is 1. The van der Waals surface area contributed by atoms with E-state index in [0.717, 1.165) is 11.3 Å². The van der Waals surface area contributed by atoms with E-state index in [4.69, 9.17) is 4.74 Å². The Bertz CT molecular complexity index is 613. The van der Waals surface area contributed by atoms with Crippen LogP contribution >= 0.6 is 0 Å². The summed E-state index contributed by atoms with van der Waals surface area (Å²) in [4.78, 5) is 12.1. The first-order valence-corrected chi connectivity index (χ1v) is 7.26. The van der Waals surface area contributed by atoms with Crippen LogP contribution in [0.3, 0.4) is 0 Å². The largest absolute Gasteiger partial charge is 0.497 e. The summed E-state index contributed by atoms with van der Waals surface area (Å²) in [6, 6.07) is 16.5. The molecule has 0 aliphatic rings. The van der Waals surface area contributed by atoms with Crippen molar-refractivity contribution >= 4 is 5.91 Å². The van der Waals surface area contributed by atoms with Crippen molar-refractivity contribution < 1.29 is 14.6 Å². The average Bonchev–Trinajstić information content (AvgIpc) is 2.55. The van der Waals surface area contributed by atoms with Gasteiger partial charge < -0.3 is 15.2 Å². The smallest absolute Gasteiger partial charge is 0.253 e. The summed E-state index contributed by atoms with van der Waals surface area (Å²) in [5.41, 5.74) is 1.66. The summed E-state index contributed by atoms with van der Waals surface area (Å²) in [5, 5.41) is 12.9. The van der Waals surface area contributed by atoms with Gasteiger partial charge in [-0.05, 0) is 36.6 Å². The molecule has 0 fully saturated rings. The van der Waals surface area contributed by atoms with Gasteiger partial charge in [0.2, 0.25) is 0 Å². The molecule has 0 radical (unpaired) electrons. The third kappa shape index (κ3) is 4.33. The number of methoxy groups -OCH3 is 1. The lowest BCUT2D eigenvalue weighted by Gasteiger charge is -2.17. The zero-order valence-corrected chi connectivity index (χ0v) is 12.8. The van der Waals surface area contributed by atoms with Gasteiger partial charge in [-0.15, -0.1) is 0 Å². The van der Waals surface area contributed by atoms with Crippen LogP contribution in [-0.4, -0.2) is 24.2 Å². The molecule has 22 heavy (non-hydrogen) atoms. The van der Waals surface area contributed by atoms with Crippen molar-refractivity contribution in [3.05, 3.63) is 65.7 Å². The Morgan fingerprint density at radius 2 is 1.91 bits per heavy atom. The summed E-state index contributed by atoms with van der Waals surface area (Å²) in [7, 11) is 1.63. The maximum atomic E-state index is 12.1. The van der Waals surface area contributed by atoms with Crippen LogP contribution in [0, 0.1) is 0 Å². The lowest BCUT2D eigenvalue weighted by atomic mass is 10.1. The highest BCUT2D eigenvalue weighted by Gasteiger charge is 2.18. The highest BCUT2D eigenvalue weighted by molar-refractivity contribution is 5.82. The Morgan fingerprint density at radius 1 is 1.18 bits per heavy atom. The Hall–Kier alpha value is -2.33. The molecular formula is C18H21NO3. The number of hydrogen-bond donors (Lipinski definition) is 2. The summed E-state index contributed by atoms with van der Waals surface area (Å²) in [6.45, 7) is 1.91.